The number of rotatable bonds is 36. The molecule has 15 heteroatoms. The maximum atomic E-state index is 12.9. The molecular formula is C51H84O15. The molecule has 378 valence electrons. The fourth-order valence-electron chi connectivity index (χ4n) is 7.17. The predicted molar refractivity (Wildman–Crippen MR) is 252 cm³/mol. The number of allylic oxidation sites excluding steroid dienone is 11. The summed E-state index contributed by atoms with van der Waals surface area (Å²) in [6, 6.07) is 0. The summed E-state index contributed by atoms with van der Waals surface area (Å²) in [5.74, 6) is -1.09. The molecule has 0 bridgehead atoms. The number of esters is 2. The number of carbonyl (C=O) groups excluding carboxylic acids is 2. The number of ether oxygens (including phenoxy) is 6. The number of unbranched alkanes of at least 4 members (excludes halogenated alkanes) is 11. The lowest BCUT2D eigenvalue weighted by atomic mass is 9.98. The summed E-state index contributed by atoms with van der Waals surface area (Å²) in [5, 5.41) is 72.0. The number of carbonyl (C=O) groups is 2. The summed E-state index contributed by atoms with van der Waals surface area (Å²) in [7, 11) is 0. The Morgan fingerprint density at radius 1 is 0.515 bits per heavy atom. The first-order valence-electron chi connectivity index (χ1n) is 24.5. The average molecular weight is 937 g/mol. The van der Waals surface area contributed by atoms with Crippen molar-refractivity contribution in [2.45, 2.75) is 210 Å². The maximum absolute atomic E-state index is 12.9. The van der Waals surface area contributed by atoms with Crippen molar-refractivity contribution in [2.75, 3.05) is 26.4 Å². The summed E-state index contributed by atoms with van der Waals surface area (Å²) in [6.45, 7) is 2.33. The van der Waals surface area contributed by atoms with E-state index in [0.717, 1.165) is 64.2 Å². The molecule has 0 radical (unpaired) electrons. The quantitative estimate of drug-likeness (QED) is 0.0209. The van der Waals surface area contributed by atoms with Gasteiger partial charge >= 0.3 is 11.9 Å². The Hall–Kier alpha value is -3.06. The van der Waals surface area contributed by atoms with Gasteiger partial charge in [-0.3, -0.25) is 9.59 Å². The van der Waals surface area contributed by atoms with Crippen LogP contribution in [0.5, 0.6) is 0 Å². The van der Waals surface area contributed by atoms with Crippen LogP contribution in [-0.4, -0.2) is 142 Å². The fraction of sp³-hybridized carbons (Fsp3) is 0.725. The molecule has 0 saturated carbocycles. The van der Waals surface area contributed by atoms with Crippen LogP contribution in [0.15, 0.2) is 72.9 Å². The Morgan fingerprint density at radius 2 is 1.00 bits per heavy atom. The first kappa shape index (κ1) is 59.1. The minimum absolute atomic E-state index is 0.0717. The summed E-state index contributed by atoms with van der Waals surface area (Å²) in [4.78, 5) is 25.6. The Morgan fingerprint density at radius 3 is 1.56 bits per heavy atom. The highest BCUT2D eigenvalue weighted by Gasteiger charge is 2.47. The van der Waals surface area contributed by atoms with E-state index in [-0.39, 0.29) is 19.4 Å². The molecule has 2 saturated heterocycles. The Labute approximate surface area is 393 Å². The molecule has 0 aliphatic carbocycles. The Balaban J connectivity index is 1.88. The highest BCUT2D eigenvalue weighted by molar-refractivity contribution is 5.71. The third kappa shape index (κ3) is 25.9. The second kappa shape index (κ2) is 37.9. The van der Waals surface area contributed by atoms with Gasteiger partial charge in [0.2, 0.25) is 0 Å². The Kier molecular flexibility index (Phi) is 33.9. The second-order valence-electron chi connectivity index (χ2n) is 16.9. The molecule has 0 aromatic heterocycles. The highest BCUT2D eigenvalue weighted by Crippen LogP contribution is 2.26. The van der Waals surface area contributed by atoms with Gasteiger partial charge in [0.15, 0.2) is 18.7 Å². The smallest absolute Gasteiger partial charge is 0.310 e. The van der Waals surface area contributed by atoms with E-state index in [1.165, 1.54) is 38.5 Å². The molecule has 0 amide bonds. The molecule has 0 aromatic carbocycles. The summed E-state index contributed by atoms with van der Waals surface area (Å²) >= 11 is 0. The van der Waals surface area contributed by atoms with Crippen LogP contribution in [0.4, 0.5) is 0 Å². The van der Waals surface area contributed by atoms with Crippen LogP contribution in [0.1, 0.15) is 142 Å². The van der Waals surface area contributed by atoms with Crippen LogP contribution in [0.25, 0.3) is 0 Å². The van der Waals surface area contributed by atoms with Gasteiger partial charge in [0.25, 0.3) is 0 Å². The minimum atomic E-state index is -1.78. The molecular weight excluding hydrogens is 853 g/mol. The molecule has 11 unspecified atom stereocenters. The SMILES string of the molecule is CC/C=C\C/C=C\C/C=C\C/C=C\C/C=C\CC(=O)OC(COC(=O)CCCCCCC/C=C\CCCCCCCC)COC1OC(COC2OC(CO)C(O)C(O)C2O)C(O)C(O)C1O. The van der Waals surface area contributed by atoms with Gasteiger partial charge in [-0.05, 0) is 64.2 Å². The van der Waals surface area contributed by atoms with Gasteiger partial charge in [-0.1, -0.05) is 138 Å². The molecule has 0 aromatic rings. The zero-order chi connectivity index (χ0) is 48.2. The van der Waals surface area contributed by atoms with Gasteiger partial charge in [0.1, 0.15) is 55.4 Å². The van der Waals surface area contributed by atoms with Crippen molar-refractivity contribution in [1.82, 2.24) is 0 Å². The zero-order valence-corrected chi connectivity index (χ0v) is 39.6. The molecule has 2 fully saturated rings. The normalized spacial score (nSPS) is 26.8. The van der Waals surface area contributed by atoms with Crippen molar-refractivity contribution in [3.63, 3.8) is 0 Å². The van der Waals surface area contributed by atoms with E-state index in [2.05, 4.69) is 62.5 Å². The first-order valence-corrected chi connectivity index (χ1v) is 24.5. The number of hydrogen-bond donors (Lipinski definition) is 7. The molecule has 2 heterocycles. The van der Waals surface area contributed by atoms with E-state index in [4.69, 9.17) is 28.4 Å². The third-order valence-electron chi connectivity index (χ3n) is 11.2. The lowest BCUT2D eigenvalue weighted by Gasteiger charge is -2.42. The van der Waals surface area contributed by atoms with Crippen LogP contribution in [-0.2, 0) is 38.0 Å². The topological polar surface area (TPSA) is 231 Å². The van der Waals surface area contributed by atoms with Gasteiger partial charge in [0, 0.05) is 6.42 Å². The van der Waals surface area contributed by atoms with Gasteiger partial charge in [-0.15, -0.1) is 0 Å². The van der Waals surface area contributed by atoms with E-state index in [1.54, 1.807) is 6.08 Å². The number of aliphatic hydroxyl groups is 7. The van der Waals surface area contributed by atoms with Crippen molar-refractivity contribution < 1.29 is 73.8 Å². The van der Waals surface area contributed by atoms with Gasteiger partial charge < -0.3 is 64.2 Å². The van der Waals surface area contributed by atoms with Crippen LogP contribution in [0.2, 0.25) is 0 Å². The van der Waals surface area contributed by atoms with E-state index in [0.29, 0.717) is 12.8 Å². The third-order valence-corrected chi connectivity index (χ3v) is 11.2. The van der Waals surface area contributed by atoms with Crippen molar-refractivity contribution in [2.24, 2.45) is 0 Å². The zero-order valence-electron chi connectivity index (χ0n) is 39.6. The van der Waals surface area contributed by atoms with Gasteiger partial charge in [-0.25, -0.2) is 0 Å². The lowest BCUT2D eigenvalue weighted by Crippen LogP contribution is -2.61. The Bertz CT molecular complexity index is 1430. The maximum Gasteiger partial charge on any atom is 0.310 e. The van der Waals surface area contributed by atoms with E-state index in [9.17, 15) is 45.3 Å². The predicted octanol–water partition coefficient (Wildman–Crippen LogP) is 6.26. The molecule has 0 spiro atoms. The van der Waals surface area contributed by atoms with Crippen LogP contribution in [0, 0.1) is 0 Å². The lowest BCUT2D eigenvalue weighted by molar-refractivity contribution is -0.332. The van der Waals surface area contributed by atoms with E-state index in [1.807, 2.05) is 18.2 Å². The molecule has 2 aliphatic rings. The largest absolute Gasteiger partial charge is 0.462 e. The van der Waals surface area contributed by atoms with E-state index >= 15 is 0 Å². The number of hydrogen-bond acceptors (Lipinski definition) is 15. The molecule has 66 heavy (non-hydrogen) atoms. The van der Waals surface area contributed by atoms with E-state index < -0.39 is 99.3 Å². The molecule has 2 aliphatic heterocycles. The van der Waals surface area contributed by atoms with Crippen molar-refractivity contribution in [3.05, 3.63) is 72.9 Å². The average Bonchev–Trinajstić information content (AvgIpc) is 3.31. The summed E-state index contributed by atoms with van der Waals surface area (Å²) < 4.78 is 33.4. The van der Waals surface area contributed by atoms with Crippen molar-refractivity contribution in [3.8, 4) is 0 Å². The second-order valence-corrected chi connectivity index (χ2v) is 16.9. The highest BCUT2D eigenvalue weighted by atomic mass is 16.7. The monoisotopic (exact) mass is 937 g/mol. The van der Waals surface area contributed by atoms with Crippen LogP contribution >= 0.6 is 0 Å². The van der Waals surface area contributed by atoms with Gasteiger partial charge in [0.05, 0.1) is 26.2 Å². The van der Waals surface area contributed by atoms with Crippen molar-refractivity contribution >= 4 is 11.9 Å². The van der Waals surface area contributed by atoms with Crippen LogP contribution in [0.3, 0.4) is 0 Å². The molecule has 2 rings (SSSR count). The fourth-order valence-corrected chi connectivity index (χ4v) is 7.17. The summed E-state index contributed by atoms with van der Waals surface area (Å²) in [5.41, 5.74) is 0. The van der Waals surface area contributed by atoms with Crippen LogP contribution < -0.4 is 0 Å². The molecule has 11 atom stereocenters. The minimum Gasteiger partial charge on any atom is -0.462 e. The summed E-state index contributed by atoms with van der Waals surface area (Å²) in [6.07, 6.45) is 26.8. The molecule has 15 nitrogen and oxygen atoms in total. The van der Waals surface area contributed by atoms with Gasteiger partial charge in [-0.2, -0.15) is 0 Å². The van der Waals surface area contributed by atoms with Crippen molar-refractivity contribution in [1.29, 1.82) is 0 Å². The standard InChI is InChI=1S/C51H84O15/c1-3-5-7-9-11-13-15-17-19-21-23-25-27-29-31-33-42(53)61-36-39(64-43(54)34-32-30-28-26-24-22-20-18-16-14-12-10-8-6-4-2)37-62-50-49(60)47(58)45(56)41(66-50)38-63-51-48(59)46(57)44(55)40(35-52)65-51/h6,8,12,14,17-20,24,26,30,32,39-41,44-52,55-60H,3-5,7,9-11,13,15-16,21-23,25,27-29,31,33-38H2,1-2H3/b8-6-,14-12-,19-17-,20-18-,26-24-,32-30-. The number of aliphatic hydroxyl groups excluding tert-OH is 7. The molecule has 7 N–H and O–H groups in total. The first-order chi connectivity index (χ1) is 32.0.